The van der Waals surface area contributed by atoms with Crippen LogP contribution in [0.25, 0.3) is 0 Å². The van der Waals surface area contributed by atoms with Crippen molar-refractivity contribution >= 4 is 5.97 Å². The molecule has 1 N–H and O–H groups in total. The summed E-state index contributed by atoms with van der Waals surface area (Å²) in [6, 6.07) is 9.91. The molecule has 3 nitrogen and oxygen atoms in total. The predicted molar refractivity (Wildman–Crippen MR) is 76.0 cm³/mol. The van der Waals surface area contributed by atoms with Crippen molar-refractivity contribution in [3.8, 4) is 0 Å². The van der Waals surface area contributed by atoms with Crippen LogP contribution in [0.15, 0.2) is 53.5 Å². The average Bonchev–Trinajstić information content (AvgIpc) is 3.24. The zero-order valence-corrected chi connectivity index (χ0v) is 11.5. The van der Waals surface area contributed by atoms with Crippen molar-refractivity contribution in [1.29, 1.82) is 0 Å². The van der Waals surface area contributed by atoms with E-state index in [0.717, 1.165) is 24.8 Å². The van der Waals surface area contributed by atoms with E-state index < -0.39 is 5.97 Å². The maximum absolute atomic E-state index is 12.1. The number of ether oxygens (including phenoxy) is 1. The fourth-order valence-corrected chi connectivity index (χ4v) is 2.80. The Morgan fingerprint density at radius 2 is 2.05 bits per heavy atom. The topological polar surface area (TPSA) is 46.5 Å². The van der Waals surface area contributed by atoms with E-state index in [2.05, 4.69) is 0 Å². The molecule has 20 heavy (non-hydrogen) atoms. The summed E-state index contributed by atoms with van der Waals surface area (Å²) in [4.78, 5) is 12.1. The van der Waals surface area contributed by atoms with Crippen molar-refractivity contribution in [2.75, 3.05) is 0 Å². The molecule has 0 aromatic heterocycles. The molecule has 104 valence electrons. The molecule has 1 atom stereocenters. The number of rotatable bonds is 4. The minimum Gasteiger partial charge on any atom is -0.504 e. The maximum atomic E-state index is 12.1. The van der Waals surface area contributed by atoms with Gasteiger partial charge in [0.1, 0.15) is 0 Å². The molecular formula is C17H18O3. The average molecular weight is 270 g/mol. The highest BCUT2D eigenvalue weighted by atomic mass is 16.6. The van der Waals surface area contributed by atoms with Gasteiger partial charge in [0.05, 0.1) is 5.57 Å². The largest absolute Gasteiger partial charge is 0.504 e. The first-order valence-corrected chi connectivity index (χ1v) is 7.13. The van der Waals surface area contributed by atoms with Gasteiger partial charge < -0.3 is 9.84 Å². The molecule has 0 amide bonds. The lowest BCUT2D eigenvalue weighted by Crippen LogP contribution is -2.12. The van der Waals surface area contributed by atoms with Crippen molar-refractivity contribution in [3.05, 3.63) is 59.1 Å². The van der Waals surface area contributed by atoms with Gasteiger partial charge in [-0.15, -0.1) is 0 Å². The van der Waals surface area contributed by atoms with Crippen LogP contribution in [0.3, 0.4) is 0 Å². The molecule has 0 saturated heterocycles. The lowest BCUT2D eigenvalue weighted by atomic mass is 9.86. The third kappa shape index (κ3) is 2.24. The SMILES string of the molecule is CCC=C1OC(=O)C(C(c2ccccc2)C2CC2)=C1O. The number of allylic oxidation sites excluding steroid dienone is 1. The van der Waals surface area contributed by atoms with Gasteiger partial charge in [-0.3, -0.25) is 0 Å². The van der Waals surface area contributed by atoms with Crippen LogP contribution in [0, 0.1) is 5.92 Å². The van der Waals surface area contributed by atoms with Crippen LogP contribution < -0.4 is 0 Å². The molecule has 0 radical (unpaired) electrons. The first-order chi connectivity index (χ1) is 9.72. The minimum absolute atomic E-state index is 0.0256. The van der Waals surface area contributed by atoms with E-state index in [1.54, 1.807) is 6.08 Å². The monoisotopic (exact) mass is 270 g/mol. The van der Waals surface area contributed by atoms with Gasteiger partial charge in [-0.1, -0.05) is 37.3 Å². The third-order valence-electron chi connectivity index (χ3n) is 3.86. The van der Waals surface area contributed by atoms with E-state index in [1.165, 1.54) is 0 Å². The molecule has 0 spiro atoms. The normalized spacial score (nSPS) is 22.2. The molecule has 1 aliphatic heterocycles. The lowest BCUT2D eigenvalue weighted by molar-refractivity contribution is -0.133. The molecule has 2 aliphatic rings. The first-order valence-electron chi connectivity index (χ1n) is 7.13. The lowest BCUT2D eigenvalue weighted by Gasteiger charge is -2.16. The van der Waals surface area contributed by atoms with Gasteiger partial charge in [0.15, 0.2) is 11.5 Å². The van der Waals surface area contributed by atoms with Gasteiger partial charge >= 0.3 is 5.97 Å². The van der Waals surface area contributed by atoms with Crippen LogP contribution in [0.1, 0.15) is 37.7 Å². The third-order valence-corrected chi connectivity index (χ3v) is 3.86. The second-order valence-corrected chi connectivity index (χ2v) is 5.35. The summed E-state index contributed by atoms with van der Waals surface area (Å²) in [6.07, 6.45) is 4.65. The van der Waals surface area contributed by atoms with Crippen molar-refractivity contribution in [2.45, 2.75) is 32.1 Å². The Morgan fingerprint density at radius 1 is 1.35 bits per heavy atom. The Kier molecular flexibility index (Phi) is 3.35. The number of hydrogen-bond acceptors (Lipinski definition) is 3. The molecule has 1 aliphatic carbocycles. The fraction of sp³-hybridized carbons (Fsp3) is 0.353. The van der Waals surface area contributed by atoms with Crippen molar-refractivity contribution in [1.82, 2.24) is 0 Å². The Bertz CT molecular complexity index is 580. The van der Waals surface area contributed by atoms with E-state index in [0.29, 0.717) is 17.3 Å². The second-order valence-electron chi connectivity index (χ2n) is 5.35. The number of carbonyl (C=O) groups excluding carboxylic acids is 1. The Morgan fingerprint density at radius 3 is 2.65 bits per heavy atom. The molecule has 3 rings (SSSR count). The van der Waals surface area contributed by atoms with Crippen LogP contribution in [-0.4, -0.2) is 11.1 Å². The number of carbonyl (C=O) groups is 1. The highest BCUT2D eigenvalue weighted by molar-refractivity contribution is 5.95. The van der Waals surface area contributed by atoms with Crippen LogP contribution >= 0.6 is 0 Å². The molecule has 1 heterocycles. The molecular weight excluding hydrogens is 252 g/mol. The van der Waals surface area contributed by atoms with Gasteiger partial charge in [0, 0.05) is 5.92 Å². The van der Waals surface area contributed by atoms with Gasteiger partial charge in [0.2, 0.25) is 0 Å². The highest BCUT2D eigenvalue weighted by Gasteiger charge is 2.43. The Hall–Kier alpha value is -2.03. The van der Waals surface area contributed by atoms with E-state index in [-0.39, 0.29) is 11.7 Å². The van der Waals surface area contributed by atoms with Crippen LogP contribution in [0.2, 0.25) is 0 Å². The van der Waals surface area contributed by atoms with Crippen LogP contribution in [-0.2, 0) is 9.53 Å². The van der Waals surface area contributed by atoms with Gasteiger partial charge in [-0.2, -0.15) is 0 Å². The number of aliphatic hydroxyl groups is 1. The van der Waals surface area contributed by atoms with E-state index in [9.17, 15) is 9.90 Å². The van der Waals surface area contributed by atoms with Gasteiger partial charge in [-0.05, 0) is 36.8 Å². The molecule has 3 heteroatoms. The number of aliphatic hydroxyl groups excluding tert-OH is 1. The first kappa shape index (κ1) is 13.0. The van der Waals surface area contributed by atoms with Crippen LogP contribution in [0.4, 0.5) is 0 Å². The molecule has 1 saturated carbocycles. The zero-order valence-electron chi connectivity index (χ0n) is 11.5. The van der Waals surface area contributed by atoms with Crippen molar-refractivity contribution < 1.29 is 14.6 Å². The number of hydrogen-bond donors (Lipinski definition) is 1. The standard InChI is InChI=1S/C17H18O3/c1-2-6-13-16(18)15(17(19)20-13)14(12-9-10-12)11-7-4-3-5-8-11/h3-8,12,14,18H,2,9-10H2,1H3. The summed E-state index contributed by atoms with van der Waals surface area (Å²) < 4.78 is 5.21. The van der Waals surface area contributed by atoms with Crippen molar-refractivity contribution in [3.63, 3.8) is 0 Å². The second kappa shape index (κ2) is 5.16. The number of benzene rings is 1. The highest BCUT2D eigenvalue weighted by Crippen LogP contribution is 2.49. The molecule has 1 aromatic carbocycles. The summed E-state index contributed by atoms with van der Waals surface area (Å²) in [5, 5.41) is 10.3. The zero-order chi connectivity index (χ0) is 14.1. The van der Waals surface area contributed by atoms with Crippen LogP contribution in [0.5, 0.6) is 0 Å². The van der Waals surface area contributed by atoms with Gasteiger partial charge in [0.25, 0.3) is 0 Å². The summed E-state index contributed by atoms with van der Waals surface area (Å²) in [5.41, 5.74) is 1.50. The minimum atomic E-state index is -0.400. The Balaban J connectivity index is 2.04. The Labute approximate surface area is 118 Å². The molecule has 1 unspecified atom stereocenters. The molecule has 1 fully saturated rings. The van der Waals surface area contributed by atoms with E-state index in [4.69, 9.17) is 4.74 Å². The smallest absolute Gasteiger partial charge is 0.344 e. The summed E-state index contributed by atoms with van der Waals surface area (Å²) in [5.74, 6) is 0.323. The predicted octanol–water partition coefficient (Wildman–Crippen LogP) is 3.84. The van der Waals surface area contributed by atoms with Crippen molar-refractivity contribution in [2.24, 2.45) is 5.92 Å². The molecule has 1 aromatic rings. The fourth-order valence-electron chi connectivity index (χ4n) is 2.80. The van der Waals surface area contributed by atoms with E-state index in [1.807, 2.05) is 37.3 Å². The summed E-state index contributed by atoms with van der Waals surface area (Å²) >= 11 is 0. The quantitative estimate of drug-likeness (QED) is 0.845. The van der Waals surface area contributed by atoms with E-state index >= 15 is 0 Å². The van der Waals surface area contributed by atoms with Gasteiger partial charge in [-0.25, -0.2) is 4.79 Å². The molecule has 0 bridgehead atoms. The number of esters is 1. The maximum Gasteiger partial charge on any atom is 0.344 e. The summed E-state index contributed by atoms with van der Waals surface area (Å²) in [7, 11) is 0. The number of cyclic esters (lactones) is 1. The summed E-state index contributed by atoms with van der Waals surface area (Å²) in [6.45, 7) is 1.95.